The van der Waals surface area contributed by atoms with Gasteiger partial charge in [-0.1, -0.05) is 26.2 Å². The predicted molar refractivity (Wildman–Crippen MR) is 118 cm³/mol. The van der Waals surface area contributed by atoms with Gasteiger partial charge in [0.05, 0.1) is 0 Å². The van der Waals surface area contributed by atoms with E-state index in [1.54, 1.807) is 17.7 Å². The molecule has 0 amide bonds. The zero-order valence-corrected chi connectivity index (χ0v) is 25.6. The van der Waals surface area contributed by atoms with Crippen molar-refractivity contribution in [3.8, 4) is 0 Å². The van der Waals surface area contributed by atoms with E-state index in [1.165, 1.54) is 12.8 Å². The van der Waals surface area contributed by atoms with Gasteiger partial charge in [0, 0.05) is 16.6 Å². The maximum Gasteiger partial charge on any atom is 0.0307 e. The Kier molecular flexibility index (Phi) is 13.2. The molecule has 154 valence electrons. The molecule has 0 aromatic carbocycles. The van der Waals surface area contributed by atoms with Gasteiger partial charge >= 0.3 is 130 Å². The van der Waals surface area contributed by atoms with Crippen LogP contribution in [-0.2, 0) is 23.2 Å². The second-order valence-corrected chi connectivity index (χ2v) is 28.7. The Morgan fingerprint density at radius 2 is 1.07 bits per heavy atom. The van der Waals surface area contributed by atoms with E-state index in [0.717, 1.165) is 0 Å². The Bertz CT molecular complexity index is 549. The average Bonchev–Trinajstić information content (AvgIpc) is 3.07. The number of rotatable bonds is 3. The molecular weight excluding hydrogens is 483 g/mol. The summed E-state index contributed by atoms with van der Waals surface area (Å²) in [6, 6.07) is 0. The quantitative estimate of drug-likeness (QED) is 0.477. The van der Waals surface area contributed by atoms with Crippen LogP contribution in [0.2, 0.25) is 26.2 Å². The number of hydrogen-bond acceptors (Lipinski definition) is 0. The smallest absolute Gasteiger partial charge is 0.0307 e. The van der Waals surface area contributed by atoms with E-state index >= 15 is 0 Å². The maximum atomic E-state index is 2.50. The summed E-state index contributed by atoms with van der Waals surface area (Å²) >= 11 is -0.501. The Balaban J connectivity index is 0. The van der Waals surface area contributed by atoms with Crippen molar-refractivity contribution in [2.75, 3.05) is 0 Å². The monoisotopic (exact) mass is 520 g/mol. The molecular formula is C22H40Cl2Si2Zr. The van der Waals surface area contributed by atoms with Crippen LogP contribution in [0.3, 0.4) is 0 Å². The number of hydrogen-bond donors (Lipinski definition) is 0. The molecule has 2 rings (SSSR count). The van der Waals surface area contributed by atoms with E-state index in [0.29, 0.717) is 19.9 Å². The summed E-state index contributed by atoms with van der Waals surface area (Å²) in [5.41, 5.74) is 3.73. The molecule has 0 saturated carbocycles. The summed E-state index contributed by atoms with van der Waals surface area (Å²) in [6.07, 6.45) is 12.3. The van der Waals surface area contributed by atoms with Crippen LogP contribution in [0.4, 0.5) is 0 Å². The molecule has 0 N–H and O–H groups in total. The molecule has 0 atom stereocenters. The van der Waals surface area contributed by atoms with Gasteiger partial charge in [-0.3, -0.25) is 0 Å². The zero-order valence-electron chi connectivity index (χ0n) is 19.2. The first-order valence-corrected chi connectivity index (χ1v) is 19.5. The molecule has 0 aromatic heterocycles. The molecule has 0 nitrogen and oxygen atoms in total. The molecule has 5 heteroatoms. The van der Waals surface area contributed by atoms with E-state index in [4.69, 9.17) is 0 Å². The third-order valence-corrected chi connectivity index (χ3v) is 16.6. The average molecular weight is 523 g/mol. The van der Waals surface area contributed by atoms with Crippen molar-refractivity contribution < 1.29 is 48.0 Å². The van der Waals surface area contributed by atoms with E-state index in [2.05, 4.69) is 92.0 Å². The van der Waals surface area contributed by atoms with Gasteiger partial charge in [0.25, 0.3) is 0 Å². The molecule has 27 heavy (non-hydrogen) atoms. The van der Waals surface area contributed by atoms with Crippen LogP contribution in [-0.4, -0.2) is 16.6 Å². The molecule has 0 heterocycles. The molecule has 2 aliphatic rings. The van der Waals surface area contributed by atoms with Gasteiger partial charge in [-0.2, -0.15) is 0 Å². The van der Waals surface area contributed by atoms with Gasteiger partial charge < -0.3 is 24.8 Å². The van der Waals surface area contributed by atoms with Gasteiger partial charge in [-0.15, -0.1) is 0 Å². The van der Waals surface area contributed by atoms with E-state index in [1.807, 2.05) is 0 Å². The second-order valence-electron chi connectivity index (χ2n) is 10.6. The summed E-state index contributed by atoms with van der Waals surface area (Å²) in [6.45, 7) is 23.6. The summed E-state index contributed by atoms with van der Waals surface area (Å²) in [4.78, 5) is 0. The minimum atomic E-state index is -0.501. The standard InChI is InChI=1S/2C9H13.C4H14Si2.2ClH.Zr/c2*1-9(2,3)8-6-4-5-7-8;1-5-6(2,3)4;;;/h2*6-7H,4H2,1-3H3;5H2,1-4H3;2*1H;/q;;;;;+2/p-2. The van der Waals surface area contributed by atoms with E-state index < -0.39 is 30.8 Å². The molecule has 0 saturated heterocycles. The summed E-state index contributed by atoms with van der Waals surface area (Å²) < 4.78 is 3.51. The van der Waals surface area contributed by atoms with Crippen LogP contribution in [0.1, 0.15) is 54.4 Å². The van der Waals surface area contributed by atoms with Crippen molar-refractivity contribution in [1.29, 1.82) is 0 Å². The summed E-state index contributed by atoms with van der Waals surface area (Å²) in [5.74, 6) is 0. The minimum absolute atomic E-state index is 0. The van der Waals surface area contributed by atoms with Crippen molar-refractivity contribution in [1.82, 2.24) is 0 Å². The zero-order chi connectivity index (χ0) is 19.5. The minimum Gasteiger partial charge on any atom is -1.00 e. The Morgan fingerprint density at radius 3 is 1.26 bits per heavy atom. The predicted octanol–water partition coefficient (Wildman–Crippen LogP) is 0.635. The summed E-state index contributed by atoms with van der Waals surface area (Å²) in [5, 5.41) is 0. The van der Waals surface area contributed by atoms with Gasteiger partial charge in [-0.25, -0.2) is 0 Å². The Labute approximate surface area is 196 Å². The van der Waals surface area contributed by atoms with Crippen molar-refractivity contribution >= 4 is 16.6 Å². The van der Waals surface area contributed by atoms with Crippen molar-refractivity contribution in [2.24, 2.45) is 10.8 Å². The van der Waals surface area contributed by atoms with Crippen LogP contribution in [0, 0.1) is 10.8 Å². The van der Waals surface area contributed by atoms with Gasteiger partial charge in [0.15, 0.2) is 0 Å². The van der Waals surface area contributed by atoms with E-state index in [9.17, 15) is 0 Å². The number of halogens is 2. The first kappa shape index (κ1) is 30.1. The fourth-order valence-corrected chi connectivity index (χ4v) is 5.61. The van der Waals surface area contributed by atoms with Gasteiger partial charge in [0.2, 0.25) is 0 Å². The molecule has 0 bridgehead atoms. The number of allylic oxidation sites excluding steroid dienone is 8. The van der Waals surface area contributed by atoms with Crippen LogP contribution in [0.25, 0.3) is 0 Å². The van der Waals surface area contributed by atoms with Crippen LogP contribution >= 0.6 is 0 Å². The molecule has 0 fully saturated rings. The van der Waals surface area contributed by atoms with Gasteiger partial charge in [-0.05, 0) is 0 Å². The SMILES string of the molecule is CC(C)(C)C1=CC[C]([Zr+2][C]2=CC(C(C)(C)C)=CC2)=C1.C[SiH2][Si](C)(C)C.[Cl-].[Cl-]. The third kappa shape index (κ3) is 11.6. The maximum absolute atomic E-state index is 2.50. The molecule has 2 aliphatic carbocycles. The first-order valence-electron chi connectivity index (χ1n) is 9.82. The van der Waals surface area contributed by atoms with Crippen LogP contribution in [0.5, 0.6) is 0 Å². The normalized spacial score (nSPS) is 17.0. The Hall–Kier alpha value is 0.857. The van der Waals surface area contributed by atoms with E-state index in [-0.39, 0.29) is 24.8 Å². The molecule has 0 radical (unpaired) electrons. The first-order chi connectivity index (χ1) is 11.2. The van der Waals surface area contributed by atoms with Gasteiger partial charge in [0.1, 0.15) is 0 Å². The Morgan fingerprint density at radius 1 is 0.778 bits per heavy atom. The second kappa shape index (κ2) is 11.9. The largest absolute Gasteiger partial charge is 1.00 e. The van der Waals surface area contributed by atoms with Crippen LogP contribution < -0.4 is 24.8 Å². The molecule has 0 unspecified atom stereocenters. The fraction of sp³-hybridized carbons (Fsp3) is 0.636. The van der Waals surface area contributed by atoms with Crippen molar-refractivity contribution in [2.45, 2.75) is 80.6 Å². The summed E-state index contributed by atoms with van der Waals surface area (Å²) in [7, 11) is -0.101. The van der Waals surface area contributed by atoms with Crippen molar-refractivity contribution in [3.05, 3.63) is 42.0 Å². The van der Waals surface area contributed by atoms with Crippen LogP contribution in [0.15, 0.2) is 42.0 Å². The molecule has 0 aromatic rings. The fourth-order valence-electron chi connectivity index (χ4n) is 2.48. The van der Waals surface area contributed by atoms with Crippen molar-refractivity contribution in [3.63, 3.8) is 0 Å². The topological polar surface area (TPSA) is 0 Å². The molecule has 0 aliphatic heterocycles. The third-order valence-electron chi connectivity index (χ3n) is 4.86. The molecule has 0 spiro atoms.